The number of ether oxygens (including phenoxy) is 2. The molecule has 1 aliphatic heterocycles. The number of benzene rings is 1. The summed E-state index contributed by atoms with van der Waals surface area (Å²) in [5.74, 6) is -0.307. The normalized spacial score (nSPS) is 19.3. The van der Waals surface area contributed by atoms with Crippen molar-refractivity contribution in [1.29, 1.82) is 0 Å². The summed E-state index contributed by atoms with van der Waals surface area (Å²) in [5, 5.41) is 0.898. The van der Waals surface area contributed by atoms with Crippen molar-refractivity contribution in [3.05, 3.63) is 35.5 Å². The molecule has 1 aliphatic rings. The number of aromatic nitrogens is 1. The molecule has 1 saturated heterocycles. The van der Waals surface area contributed by atoms with E-state index < -0.39 is 0 Å². The Bertz CT molecular complexity index is 582. The molecule has 1 aromatic heterocycles. The van der Waals surface area contributed by atoms with Crippen molar-refractivity contribution in [3.63, 3.8) is 0 Å². The largest absolute Gasteiger partial charge is 0.465 e. The first-order valence-electron chi connectivity index (χ1n) is 6.12. The van der Waals surface area contributed by atoms with Crippen LogP contribution in [0.4, 0.5) is 0 Å². The Balaban J connectivity index is 2.19. The number of fused-ring (bicyclic) bond motifs is 1. The molecule has 3 rings (SSSR count). The number of hydrogen-bond acceptors (Lipinski definition) is 3. The minimum atomic E-state index is -0.307. The molecule has 2 aromatic rings. The number of rotatable bonds is 2. The number of carbonyl (C=O) groups is 1. The second-order valence-corrected chi connectivity index (χ2v) is 4.45. The van der Waals surface area contributed by atoms with E-state index in [4.69, 9.17) is 9.47 Å². The number of hydrogen-bond donors (Lipinski definition) is 1. The highest BCUT2D eigenvalue weighted by Gasteiger charge is 2.27. The van der Waals surface area contributed by atoms with Crippen LogP contribution in [0.5, 0.6) is 0 Å². The van der Waals surface area contributed by atoms with Crippen LogP contribution in [0.25, 0.3) is 10.9 Å². The van der Waals surface area contributed by atoms with E-state index in [1.807, 2.05) is 24.3 Å². The fraction of sp³-hybridized carbons (Fsp3) is 0.357. The van der Waals surface area contributed by atoms with Gasteiger partial charge in [-0.3, -0.25) is 0 Å². The number of H-pyrrole nitrogens is 1. The monoisotopic (exact) mass is 245 g/mol. The molecule has 4 nitrogen and oxygen atoms in total. The van der Waals surface area contributed by atoms with E-state index >= 15 is 0 Å². The maximum absolute atomic E-state index is 12.0. The van der Waals surface area contributed by atoms with Crippen LogP contribution >= 0.6 is 0 Å². The predicted molar refractivity (Wildman–Crippen MR) is 67.6 cm³/mol. The molecule has 0 spiro atoms. The van der Waals surface area contributed by atoms with Gasteiger partial charge in [0.1, 0.15) is 0 Å². The first-order chi connectivity index (χ1) is 8.81. The van der Waals surface area contributed by atoms with Crippen LogP contribution in [0.2, 0.25) is 0 Å². The second kappa shape index (κ2) is 4.46. The van der Waals surface area contributed by atoms with E-state index in [9.17, 15) is 4.79 Å². The van der Waals surface area contributed by atoms with E-state index in [0.29, 0.717) is 5.56 Å². The number of methoxy groups -OCH3 is 1. The molecule has 1 atom stereocenters. The van der Waals surface area contributed by atoms with Gasteiger partial charge in [0, 0.05) is 17.5 Å². The Labute approximate surface area is 105 Å². The molecule has 0 bridgehead atoms. The van der Waals surface area contributed by atoms with Crippen molar-refractivity contribution in [2.75, 3.05) is 13.7 Å². The summed E-state index contributed by atoms with van der Waals surface area (Å²) >= 11 is 0. The highest BCUT2D eigenvalue weighted by molar-refractivity contribution is 6.05. The average Bonchev–Trinajstić information content (AvgIpc) is 3.04. The van der Waals surface area contributed by atoms with Crippen LogP contribution in [-0.2, 0) is 9.47 Å². The minimum absolute atomic E-state index is 0.0218. The molecule has 1 N–H and O–H groups in total. The highest BCUT2D eigenvalue weighted by atomic mass is 16.5. The summed E-state index contributed by atoms with van der Waals surface area (Å²) in [4.78, 5) is 15.3. The first kappa shape index (κ1) is 11.3. The van der Waals surface area contributed by atoms with E-state index in [1.54, 1.807) is 0 Å². The van der Waals surface area contributed by atoms with Gasteiger partial charge in [0.05, 0.1) is 24.5 Å². The van der Waals surface area contributed by atoms with Gasteiger partial charge in [-0.05, 0) is 18.9 Å². The van der Waals surface area contributed by atoms with Gasteiger partial charge in [-0.25, -0.2) is 4.79 Å². The lowest BCUT2D eigenvalue weighted by Crippen LogP contribution is -2.07. The van der Waals surface area contributed by atoms with Gasteiger partial charge >= 0.3 is 5.97 Å². The Hall–Kier alpha value is -1.81. The SMILES string of the molecule is COC(=O)c1c(C2CCCO2)[nH]c2ccccc12. The summed E-state index contributed by atoms with van der Waals surface area (Å²) in [6.07, 6.45) is 1.95. The highest BCUT2D eigenvalue weighted by Crippen LogP contribution is 2.34. The van der Waals surface area contributed by atoms with E-state index in [1.165, 1.54) is 7.11 Å². The van der Waals surface area contributed by atoms with Crippen molar-refractivity contribution < 1.29 is 14.3 Å². The molecule has 18 heavy (non-hydrogen) atoms. The summed E-state index contributed by atoms with van der Waals surface area (Å²) in [7, 11) is 1.41. The minimum Gasteiger partial charge on any atom is -0.465 e. The van der Waals surface area contributed by atoms with Crippen LogP contribution < -0.4 is 0 Å². The summed E-state index contributed by atoms with van der Waals surface area (Å²) in [6, 6.07) is 7.75. The van der Waals surface area contributed by atoms with Crippen LogP contribution in [0.3, 0.4) is 0 Å². The van der Waals surface area contributed by atoms with E-state index in [0.717, 1.165) is 36.0 Å². The number of para-hydroxylation sites is 1. The van der Waals surface area contributed by atoms with Crippen LogP contribution in [-0.4, -0.2) is 24.7 Å². The topological polar surface area (TPSA) is 51.3 Å². The first-order valence-corrected chi connectivity index (χ1v) is 6.12. The molecule has 0 radical (unpaired) electrons. The lowest BCUT2D eigenvalue weighted by atomic mass is 10.1. The lowest BCUT2D eigenvalue weighted by Gasteiger charge is -2.09. The zero-order valence-corrected chi connectivity index (χ0v) is 10.2. The quantitative estimate of drug-likeness (QED) is 0.828. The van der Waals surface area contributed by atoms with Gasteiger partial charge in [0.2, 0.25) is 0 Å². The zero-order chi connectivity index (χ0) is 12.5. The van der Waals surface area contributed by atoms with Crippen LogP contribution in [0.15, 0.2) is 24.3 Å². The van der Waals surface area contributed by atoms with Crippen molar-refractivity contribution in [3.8, 4) is 0 Å². The summed E-state index contributed by atoms with van der Waals surface area (Å²) in [6.45, 7) is 0.751. The maximum Gasteiger partial charge on any atom is 0.340 e. The fourth-order valence-electron chi connectivity index (χ4n) is 2.53. The summed E-state index contributed by atoms with van der Waals surface area (Å²) < 4.78 is 10.6. The Morgan fingerprint density at radius 2 is 2.28 bits per heavy atom. The smallest absolute Gasteiger partial charge is 0.340 e. The molecule has 1 unspecified atom stereocenters. The van der Waals surface area contributed by atoms with Gasteiger partial charge in [0.15, 0.2) is 0 Å². The lowest BCUT2D eigenvalue weighted by molar-refractivity contribution is 0.0589. The third-order valence-corrected chi connectivity index (χ3v) is 3.38. The molecule has 2 heterocycles. The molecular formula is C14H15NO3. The average molecular weight is 245 g/mol. The molecule has 4 heteroatoms. The van der Waals surface area contributed by atoms with Gasteiger partial charge < -0.3 is 14.5 Å². The van der Waals surface area contributed by atoms with Gasteiger partial charge in [-0.15, -0.1) is 0 Å². The van der Waals surface area contributed by atoms with Crippen LogP contribution in [0, 0.1) is 0 Å². The van der Waals surface area contributed by atoms with Crippen molar-refractivity contribution in [2.24, 2.45) is 0 Å². The molecule has 0 aliphatic carbocycles. The Morgan fingerprint density at radius 3 is 3.00 bits per heavy atom. The third kappa shape index (κ3) is 1.69. The number of aromatic amines is 1. The standard InChI is InChI=1S/C14H15NO3/c1-17-14(16)12-9-5-2-3-6-10(9)15-13(12)11-7-4-8-18-11/h2-3,5-6,11,15H,4,7-8H2,1H3. The molecule has 94 valence electrons. The maximum atomic E-state index is 12.0. The fourth-order valence-corrected chi connectivity index (χ4v) is 2.53. The zero-order valence-electron chi connectivity index (χ0n) is 10.2. The van der Waals surface area contributed by atoms with Crippen molar-refractivity contribution in [2.45, 2.75) is 18.9 Å². The second-order valence-electron chi connectivity index (χ2n) is 4.45. The van der Waals surface area contributed by atoms with Crippen molar-refractivity contribution in [1.82, 2.24) is 4.98 Å². The molecule has 0 amide bonds. The van der Waals surface area contributed by atoms with Crippen molar-refractivity contribution >= 4 is 16.9 Å². The third-order valence-electron chi connectivity index (χ3n) is 3.38. The van der Waals surface area contributed by atoms with Crippen LogP contribution in [0.1, 0.15) is 35.0 Å². The molecule has 0 saturated carbocycles. The van der Waals surface area contributed by atoms with Gasteiger partial charge in [-0.2, -0.15) is 0 Å². The van der Waals surface area contributed by atoms with E-state index in [-0.39, 0.29) is 12.1 Å². The molecule has 1 fully saturated rings. The Morgan fingerprint density at radius 1 is 1.44 bits per heavy atom. The Kier molecular flexibility index (Phi) is 2.80. The predicted octanol–water partition coefficient (Wildman–Crippen LogP) is 2.81. The van der Waals surface area contributed by atoms with Gasteiger partial charge in [0.25, 0.3) is 0 Å². The van der Waals surface area contributed by atoms with Gasteiger partial charge in [-0.1, -0.05) is 18.2 Å². The molecular weight excluding hydrogens is 230 g/mol. The number of carbonyl (C=O) groups excluding carboxylic acids is 1. The van der Waals surface area contributed by atoms with E-state index in [2.05, 4.69) is 4.98 Å². The number of esters is 1. The molecule has 1 aromatic carbocycles. The number of nitrogens with one attached hydrogen (secondary N) is 1. The summed E-state index contributed by atoms with van der Waals surface area (Å²) in [5.41, 5.74) is 2.41.